The van der Waals surface area contributed by atoms with E-state index in [9.17, 15) is 4.79 Å². The molecule has 0 saturated carbocycles. The number of halogens is 2. The summed E-state index contributed by atoms with van der Waals surface area (Å²) in [5.41, 5.74) is 7.40. The molecule has 1 unspecified atom stereocenters. The summed E-state index contributed by atoms with van der Waals surface area (Å²) in [5.74, 6) is -0.142. The van der Waals surface area contributed by atoms with Crippen molar-refractivity contribution in [1.82, 2.24) is 0 Å². The zero-order valence-electron chi connectivity index (χ0n) is 16.2. The van der Waals surface area contributed by atoms with Gasteiger partial charge in [0, 0.05) is 15.6 Å². The number of ether oxygens (including phenoxy) is 2. The lowest BCUT2D eigenvalue weighted by molar-refractivity contribution is -0.151. The highest BCUT2D eigenvalue weighted by Gasteiger charge is 2.25. The number of hydrogen-bond acceptors (Lipinski definition) is 6. The number of rotatable bonds is 5. The van der Waals surface area contributed by atoms with Crippen molar-refractivity contribution in [2.75, 3.05) is 12.3 Å². The lowest BCUT2D eigenvalue weighted by Gasteiger charge is -2.19. The van der Waals surface area contributed by atoms with Crippen LogP contribution < -0.4 is 10.5 Å². The van der Waals surface area contributed by atoms with Crippen LogP contribution in [0, 0.1) is 10.8 Å². The Hall–Kier alpha value is -3.09. The van der Waals surface area contributed by atoms with Crippen LogP contribution in [0.15, 0.2) is 66.8 Å². The molecule has 1 aliphatic carbocycles. The molecule has 156 valence electrons. The fourth-order valence-electron chi connectivity index (χ4n) is 2.34. The molecular weight excluding hydrogens is 425 g/mol. The molecule has 0 aliphatic heterocycles. The molecular formula is C22H21Cl2N3O3. The minimum atomic E-state index is -0.930. The van der Waals surface area contributed by atoms with Crippen molar-refractivity contribution in [3.8, 4) is 5.75 Å². The van der Waals surface area contributed by atoms with Crippen LogP contribution in [0.3, 0.4) is 0 Å². The van der Waals surface area contributed by atoms with Crippen LogP contribution >= 0.6 is 23.2 Å². The normalized spacial score (nSPS) is 13.3. The van der Waals surface area contributed by atoms with Crippen molar-refractivity contribution >= 4 is 46.3 Å². The molecule has 8 heteroatoms. The van der Waals surface area contributed by atoms with Crippen molar-refractivity contribution < 1.29 is 14.3 Å². The second kappa shape index (κ2) is 11.2. The Morgan fingerprint density at radius 3 is 2.07 bits per heavy atom. The molecule has 30 heavy (non-hydrogen) atoms. The average molecular weight is 446 g/mol. The predicted octanol–water partition coefficient (Wildman–Crippen LogP) is 5.41. The number of anilines is 1. The summed E-state index contributed by atoms with van der Waals surface area (Å²) >= 11 is 11.7. The van der Waals surface area contributed by atoms with Gasteiger partial charge in [-0.25, -0.2) is 4.79 Å². The number of esters is 1. The number of nitrogen functional groups attached to an aromatic ring is 1. The molecule has 0 aromatic heterocycles. The van der Waals surface area contributed by atoms with E-state index in [-0.39, 0.29) is 18.0 Å². The van der Waals surface area contributed by atoms with Gasteiger partial charge in [-0.2, -0.15) is 0 Å². The van der Waals surface area contributed by atoms with Crippen molar-refractivity contribution in [2.24, 2.45) is 0 Å². The van der Waals surface area contributed by atoms with Crippen molar-refractivity contribution in [2.45, 2.75) is 13.0 Å². The maximum absolute atomic E-state index is 12.2. The number of carbonyl (C=O) groups excluding carboxylic acids is 1. The lowest BCUT2D eigenvalue weighted by atomic mass is 10.1. The fraction of sp³-hybridized carbons (Fsp3) is 0.136. The minimum absolute atomic E-state index is 0.252. The molecule has 4 N–H and O–H groups in total. The van der Waals surface area contributed by atoms with E-state index in [4.69, 9.17) is 49.2 Å². The standard InChI is InChI=1S/C16H15Cl2NO3.C6H6N2/c1-2-21-16(20)15(10-3-5-11(17)6-4-10)22-14-8-7-12(18)9-13(14)19;7-5-3-1-2-4-6(5)8/h3-9,15H,2,19H2,1H3;1-4,7-8H. The van der Waals surface area contributed by atoms with Crippen molar-refractivity contribution in [3.63, 3.8) is 0 Å². The molecule has 1 aliphatic rings. The number of carbonyl (C=O) groups is 1. The maximum atomic E-state index is 12.2. The van der Waals surface area contributed by atoms with Gasteiger partial charge in [0.25, 0.3) is 0 Å². The van der Waals surface area contributed by atoms with Gasteiger partial charge in [-0.15, -0.1) is 0 Å². The van der Waals surface area contributed by atoms with Crippen LogP contribution in [0.5, 0.6) is 5.75 Å². The first kappa shape index (κ1) is 23.2. The van der Waals surface area contributed by atoms with Gasteiger partial charge >= 0.3 is 5.97 Å². The minimum Gasteiger partial charge on any atom is -0.472 e. The highest BCUT2D eigenvalue weighted by Crippen LogP contribution is 2.30. The summed E-state index contributed by atoms with van der Waals surface area (Å²) in [6.07, 6.45) is 5.77. The summed E-state index contributed by atoms with van der Waals surface area (Å²) in [4.78, 5) is 12.2. The molecule has 6 nitrogen and oxygen atoms in total. The SMILES string of the molecule is CCOC(=O)C(Oc1ccc(Cl)cc1N)c1ccc(Cl)cc1.N=C1C=CC=CC1=N. The number of nitrogens with one attached hydrogen (secondary N) is 2. The third-order valence-corrected chi connectivity index (χ3v) is 4.30. The summed E-state index contributed by atoms with van der Waals surface area (Å²) < 4.78 is 10.8. The molecule has 0 amide bonds. The third kappa shape index (κ3) is 6.76. The molecule has 2 aromatic rings. The van der Waals surface area contributed by atoms with Crippen LogP contribution in [-0.2, 0) is 9.53 Å². The van der Waals surface area contributed by atoms with Crippen LogP contribution in [-0.4, -0.2) is 24.0 Å². The zero-order chi connectivity index (χ0) is 22.1. The monoisotopic (exact) mass is 445 g/mol. The Bertz CT molecular complexity index is 964. The van der Waals surface area contributed by atoms with Crippen molar-refractivity contribution in [3.05, 3.63) is 82.4 Å². The first-order valence-corrected chi connectivity index (χ1v) is 9.73. The molecule has 0 fully saturated rings. The van der Waals surface area contributed by atoms with E-state index < -0.39 is 12.1 Å². The van der Waals surface area contributed by atoms with Crippen molar-refractivity contribution in [1.29, 1.82) is 10.8 Å². The first-order chi connectivity index (χ1) is 14.3. The van der Waals surface area contributed by atoms with E-state index in [2.05, 4.69) is 0 Å². The van der Waals surface area contributed by atoms with Gasteiger partial charge in [-0.1, -0.05) is 47.5 Å². The van der Waals surface area contributed by atoms with Crippen LogP contribution in [0.1, 0.15) is 18.6 Å². The van der Waals surface area contributed by atoms with E-state index >= 15 is 0 Å². The molecule has 1 atom stereocenters. The van der Waals surface area contributed by atoms with E-state index in [1.165, 1.54) is 0 Å². The Balaban J connectivity index is 0.000000335. The van der Waals surface area contributed by atoms with Gasteiger partial charge in [-0.3, -0.25) is 10.8 Å². The molecule has 3 rings (SSSR count). The van der Waals surface area contributed by atoms with Gasteiger partial charge in [-0.05, 0) is 49.4 Å². The molecule has 0 radical (unpaired) electrons. The Morgan fingerprint density at radius 1 is 1.00 bits per heavy atom. The van der Waals surface area contributed by atoms with Crippen LogP contribution in [0.25, 0.3) is 0 Å². The Labute approximate surface area is 184 Å². The van der Waals surface area contributed by atoms with Gasteiger partial charge in [0.1, 0.15) is 5.75 Å². The number of allylic oxidation sites excluding steroid dienone is 4. The first-order valence-electron chi connectivity index (χ1n) is 8.97. The number of hydrogen-bond donors (Lipinski definition) is 3. The molecule has 0 spiro atoms. The second-order valence-electron chi connectivity index (χ2n) is 6.03. The number of benzene rings is 2. The topological polar surface area (TPSA) is 109 Å². The molecule has 0 heterocycles. The summed E-state index contributed by atoms with van der Waals surface area (Å²) in [6.45, 7) is 1.98. The van der Waals surface area contributed by atoms with E-state index in [0.29, 0.717) is 27.0 Å². The predicted molar refractivity (Wildman–Crippen MR) is 121 cm³/mol. The Morgan fingerprint density at radius 2 is 1.57 bits per heavy atom. The van der Waals surface area contributed by atoms with Crippen LogP contribution in [0.2, 0.25) is 10.0 Å². The van der Waals surface area contributed by atoms with Crippen LogP contribution in [0.4, 0.5) is 5.69 Å². The van der Waals surface area contributed by atoms with Gasteiger partial charge < -0.3 is 15.2 Å². The molecule has 0 saturated heterocycles. The number of nitrogens with two attached hydrogens (primary N) is 1. The quantitative estimate of drug-likeness (QED) is 0.324. The van der Waals surface area contributed by atoms with Gasteiger partial charge in [0.15, 0.2) is 0 Å². The highest BCUT2D eigenvalue weighted by molar-refractivity contribution is 6.48. The average Bonchev–Trinajstić information content (AvgIpc) is 2.71. The smallest absolute Gasteiger partial charge is 0.352 e. The summed E-state index contributed by atoms with van der Waals surface area (Å²) in [7, 11) is 0. The Kier molecular flexibility index (Phi) is 8.65. The molecule has 0 bridgehead atoms. The van der Waals surface area contributed by atoms with Gasteiger partial charge in [0.2, 0.25) is 6.10 Å². The van der Waals surface area contributed by atoms with E-state index in [1.54, 1.807) is 73.7 Å². The van der Waals surface area contributed by atoms with E-state index in [1.807, 2.05) is 0 Å². The second-order valence-corrected chi connectivity index (χ2v) is 6.90. The van der Waals surface area contributed by atoms with E-state index in [0.717, 1.165) is 0 Å². The summed E-state index contributed by atoms with van der Waals surface area (Å²) in [6, 6.07) is 11.6. The summed E-state index contributed by atoms with van der Waals surface area (Å²) in [5, 5.41) is 15.1. The van der Waals surface area contributed by atoms with Gasteiger partial charge in [0.05, 0.1) is 23.7 Å². The third-order valence-electron chi connectivity index (χ3n) is 3.82. The fourth-order valence-corrected chi connectivity index (χ4v) is 2.65. The largest absolute Gasteiger partial charge is 0.472 e. The zero-order valence-corrected chi connectivity index (χ0v) is 17.7. The maximum Gasteiger partial charge on any atom is 0.352 e. The molecule has 2 aromatic carbocycles. The highest BCUT2D eigenvalue weighted by atomic mass is 35.5. The lowest BCUT2D eigenvalue weighted by Crippen LogP contribution is -2.21.